The fourth-order valence-electron chi connectivity index (χ4n) is 5.34. The molecule has 4 aromatic rings. The number of nitrogens with one attached hydrogen (secondary N) is 3. The maximum Gasteiger partial charge on any atom is 0.251 e. The number of carbonyl (C=O) groups excluding carboxylic acids is 1. The van der Waals surface area contributed by atoms with Gasteiger partial charge in [0.2, 0.25) is 10.0 Å². The van der Waals surface area contributed by atoms with Gasteiger partial charge < -0.3 is 10.6 Å². The number of carbonyl (C=O) groups is 1. The Bertz CT molecular complexity index is 1700. The van der Waals surface area contributed by atoms with Gasteiger partial charge in [-0.15, -0.1) is 0 Å². The molecule has 3 N–H and O–H groups in total. The number of hydrogen-bond acceptors (Lipinski definition) is 8. The van der Waals surface area contributed by atoms with Gasteiger partial charge in [0.05, 0.1) is 17.3 Å². The maximum atomic E-state index is 13.4. The molecule has 0 radical (unpaired) electrons. The Kier molecular flexibility index (Phi) is 9.51. The predicted octanol–water partition coefficient (Wildman–Crippen LogP) is 7.11. The summed E-state index contributed by atoms with van der Waals surface area (Å²) in [4.78, 5) is 28.8. The molecule has 1 aliphatic carbocycles. The second-order valence-corrected chi connectivity index (χ2v) is 14.3. The van der Waals surface area contributed by atoms with Gasteiger partial charge in [-0.25, -0.2) is 23.4 Å². The van der Waals surface area contributed by atoms with E-state index in [1.165, 1.54) is 37.4 Å². The summed E-state index contributed by atoms with van der Waals surface area (Å²) in [5, 5.41) is 7.47. The first-order valence-electron chi connectivity index (χ1n) is 14.6. The van der Waals surface area contributed by atoms with Crippen LogP contribution in [-0.2, 0) is 10.0 Å². The standard InChI is InChI=1S/C32H38N6O3S2/c1-20(2)27-16-15-26-30(36-27)33-19-34-31(26)37-28-18-23(32(39)35-21(3)22-8-6-5-7-9-22)10-17-29(28)42-25-13-11-24(12-14-25)38-43(4,40)41/h10-22,38H,5-9H2,1-4H3,(H,35,39)(H,33,34,36,37). The molecule has 226 valence electrons. The van der Waals surface area contributed by atoms with Crippen LogP contribution in [-0.4, -0.2) is 41.6 Å². The van der Waals surface area contributed by atoms with Gasteiger partial charge in [0.15, 0.2) is 5.65 Å². The summed E-state index contributed by atoms with van der Waals surface area (Å²) in [6.07, 6.45) is 8.62. The minimum Gasteiger partial charge on any atom is -0.349 e. The van der Waals surface area contributed by atoms with Crippen LogP contribution in [0.5, 0.6) is 0 Å². The van der Waals surface area contributed by atoms with Crippen LogP contribution in [0, 0.1) is 5.92 Å². The van der Waals surface area contributed by atoms with Crippen LogP contribution in [0.1, 0.15) is 74.8 Å². The predicted molar refractivity (Wildman–Crippen MR) is 174 cm³/mol. The summed E-state index contributed by atoms with van der Waals surface area (Å²) >= 11 is 1.50. The number of fused-ring (bicyclic) bond motifs is 1. The van der Waals surface area contributed by atoms with Crippen LogP contribution in [0.15, 0.2) is 70.7 Å². The molecule has 43 heavy (non-hydrogen) atoms. The number of sulfonamides is 1. The highest BCUT2D eigenvalue weighted by atomic mass is 32.2. The minimum atomic E-state index is -3.37. The summed E-state index contributed by atoms with van der Waals surface area (Å²) in [5.41, 5.74) is 3.31. The van der Waals surface area contributed by atoms with Crippen molar-refractivity contribution >= 4 is 55.9 Å². The van der Waals surface area contributed by atoms with Crippen LogP contribution in [0.3, 0.4) is 0 Å². The van der Waals surface area contributed by atoms with Crippen LogP contribution in [0.25, 0.3) is 11.0 Å². The SMILES string of the molecule is CC(C)c1ccc2c(Nc3cc(C(=O)NC(C)C4CCCCC4)ccc3Sc3ccc(NS(C)(=O)=O)cc3)ncnc2n1. The summed E-state index contributed by atoms with van der Waals surface area (Å²) < 4.78 is 25.7. The fourth-order valence-corrected chi connectivity index (χ4v) is 6.78. The third-order valence-corrected chi connectivity index (χ3v) is 9.40. The molecule has 1 saturated carbocycles. The molecular formula is C32H38N6O3S2. The third-order valence-electron chi connectivity index (χ3n) is 7.71. The van der Waals surface area contributed by atoms with E-state index in [2.05, 4.69) is 46.1 Å². The van der Waals surface area contributed by atoms with Gasteiger partial charge >= 0.3 is 0 Å². The number of aromatic nitrogens is 3. The van der Waals surface area contributed by atoms with Crippen LogP contribution in [0.4, 0.5) is 17.2 Å². The molecule has 2 aromatic heterocycles. The van der Waals surface area contributed by atoms with Crippen molar-refractivity contribution in [1.82, 2.24) is 20.3 Å². The molecule has 0 saturated heterocycles. The van der Waals surface area contributed by atoms with Gasteiger partial charge in [-0.2, -0.15) is 0 Å². The van der Waals surface area contributed by atoms with Crippen molar-refractivity contribution in [3.05, 3.63) is 72.2 Å². The van der Waals surface area contributed by atoms with Gasteiger partial charge in [-0.05, 0) is 86.2 Å². The number of amides is 1. The van der Waals surface area contributed by atoms with E-state index in [0.717, 1.165) is 40.0 Å². The van der Waals surface area contributed by atoms with Crippen molar-refractivity contribution in [1.29, 1.82) is 0 Å². The molecule has 1 amide bonds. The Morgan fingerprint density at radius 2 is 1.70 bits per heavy atom. The summed E-state index contributed by atoms with van der Waals surface area (Å²) in [6, 6.07) is 16.8. The Hall–Kier alpha value is -3.70. The molecule has 5 rings (SSSR count). The summed E-state index contributed by atoms with van der Waals surface area (Å²) in [6.45, 7) is 6.28. The molecular weight excluding hydrogens is 581 g/mol. The van der Waals surface area contributed by atoms with Gasteiger partial charge in [0.25, 0.3) is 5.91 Å². The first-order chi connectivity index (χ1) is 20.6. The third kappa shape index (κ3) is 8.03. The molecule has 2 heterocycles. The van der Waals surface area contributed by atoms with E-state index in [9.17, 15) is 13.2 Å². The molecule has 1 atom stereocenters. The van der Waals surface area contributed by atoms with Gasteiger partial charge in [0.1, 0.15) is 12.1 Å². The normalized spacial score (nSPS) is 14.9. The highest BCUT2D eigenvalue weighted by Gasteiger charge is 2.22. The Balaban J connectivity index is 1.45. The second-order valence-electron chi connectivity index (χ2n) is 11.5. The average molecular weight is 619 g/mol. The van der Waals surface area contributed by atoms with Gasteiger partial charge in [-0.3, -0.25) is 9.52 Å². The van der Waals surface area contributed by atoms with E-state index < -0.39 is 10.0 Å². The van der Waals surface area contributed by atoms with Gasteiger partial charge in [-0.1, -0.05) is 44.9 Å². The zero-order valence-electron chi connectivity index (χ0n) is 24.9. The average Bonchev–Trinajstić information content (AvgIpc) is 2.98. The quantitative estimate of drug-likeness (QED) is 0.172. The number of benzene rings is 2. The van der Waals surface area contributed by atoms with Crippen molar-refractivity contribution in [3.8, 4) is 0 Å². The number of hydrogen-bond donors (Lipinski definition) is 3. The zero-order valence-corrected chi connectivity index (χ0v) is 26.6. The van der Waals surface area contributed by atoms with Crippen LogP contribution >= 0.6 is 11.8 Å². The van der Waals surface area contributed by atoms with Crippen molar-refractivity contribution in [3.63, 3.8) is 0 Å². The molecule has 9 nitrogen and oxygen atoms in total. The lowest BCUT2D eigenvalue weighted by Gasteiger charge is -2.28. The summed E-state index contributed by atoms with van der Waals surface area (Å²) in [5.74, 6) is 1.25. The molecule has 0 bridgehead atoms. The van der Waals surface area contributed by atoms with Crippen molar-refractivity contribution in [2.24, 2.45) is 5.92 Å². The molecule has 2 aromatic carbocycles. The number of pyridine rings is 1. The smallest absolute Gasteiger partial charge is 0.251 e. The van der Waals surface area contributed by atoms with Crippen LogP contribution < -0.4 is 15.4 Å². The fraction of sp³-hybridized carbons (Fsp3) is 0.375. The number of nitrogens with zero attached hydrogens (tertiary/aromatic N) is 3. The topological polar surface area (TPSA) is 126 Å². The molecule has 1 aliphatic rings. The van der Waals surface area contributed by atoms with E-state index in [4.69, 9.17) is 4.98 Å². The van der Waals surface area contributed by atoms with Crippen molar-refractivity contribution < 1.29 is 13.2 Å². The van der Waals surface area contributed by atoms with Crippen molar-refractivity contribution in [2.45, 2.75) is 74.6 Å². The minimum absolute atomic E-state index is 0.101. The first-order valence-corrected chi connectivity index (χ1v) is 17.4. The Morgan fingerprint density at radius 3 is 2.40 bits per heavy atom. The molecule has 0 spiro atoms. The monoisotopic (exact) mass is 618 g/mol. The number of anilines is 3. The van der Waals surface area contributed by atoms with E-state index >= 15 is 0 Å². The molecule has 1 unspecified atom stereocenters. The van der Waals surface area contributed by atoms with E-state index in [1.54, 1.807) is 12.1 Å². The van der Waals surface area contributed by atoms with Gasteiger partial charge in [0, 0.05) is 32.8 Å². The lowest BCUT2D eigenvalue weighted by atomic mass is 9.84. The molecule has 1 fully saturated rings. The second kappa shape index (κ2) is 13.3. The first kappa shape index (κ1) is 30.7. The summed E-state index contributed by atoms with van der Waals surface area (Å²) in [7, 11) is -3.37. The van der Waals surface area contributed by atoms with E-state index in [1.807, 2.05) is 42.5 Å². The van der Waals surface area contributed by atoms with Crippen molar-refractivity contribution in [2.75, 3.05) is 16.3 Å². The van der Waals surface area contributed by atoms with E-state index in [0.29, 0.717) is 34.3 Å². The Labute approximate surface area is 257 Å². The highest BCUT2D eigenvalue weighted by Crippen LogP contribution is 2.37. The highest BCUT2D eigenvalue weighted by molar-refractivity contribution is 7.99. The number of rotatable bonds is 10. The Morgan fingerprint density at radius 1 is 0.953 bits per heavy atom. The molecule has 11 heteroatoms. The zero-order chi connectivity index (χ0) is 30.6. The van der Waals surface area contributed by atoms with E-state index in [-0.39, 0.29) is 17.9 Å². The van der Waals surface area contributed by atoms with Crippen LogP contribution in [0.2, 0.25) is 0 Å². The lowest BCUT2D eigenvalue weighted by Crippen LogP contribution is -2.38. The maximum absolute atomic E-state index is 13.4. The lowest BCUT2D eigenvalue weighted by molar-refractivity contribution is 0.0919. The largest absolute Gasteiger partial charge is 0.349 e. The molecule has 0 aliphatic heterocycles.